The van der Waals surface area contributed by atoms with Gasteiger partial charge in [-0.25, -0.2) is 14.2 Å². The van der Waals surface area contributed by atoms with Crippen LogP contribution in [0, 0.1) is 5.82 Å². The molecule has 4 aromatic carbocycles. The van der Waals surface area contributed by atoms with E-state index in [-0.39, 0.29) is 58.5 Å². The number of phenols is 1. The first-order valence-corrected chi connectivity index (χ1v) is 23.6. The van der Waals surface area contributed by atoms with Crippen LogP contribution in [0.4, 0.5) is 21.0 Å². The number of carbonyl (C=O) groups is 4. The zero-order chi connectivity index (χ0) is 47.5. The van der Waals surface area contributed by atoms with Gasteiger partial charge in [-0.2, -0.15) is 4.98 Å². The number of halogens is 2. The molecular formula is C51H63ClFN7O6. The van der Waals surface area contributed by atoms with Gasteiger partial charge < -0.3 is 40.0 Å². The zero-order valence-electron chi connectivity index (χ0n) is 39.0. The van der Waals surface area contributed by atoms with Crippen LogP contribution in [0.1, 0.15) is 107 Å². The molecule has 1 fully saturated rings. The van der Waals surface area contributed by atoms with Crippen LogP contribution in [0.25, 0.3) is 32.8 Å². The molecule has 2 aliphatic heterocycles. The van der Waals surface area contributed by atoms with Crippen molar-refractivity contribution in [2.45, 2.75) is 111 Å². The molecule has 7 rings (SSSR count). The van der Waals surface area contributed by atoms with E-state index in [1.165, 1.54) is 13.1 Å². The number of fused-ring (bicyclic) bond motifs is 3. The molecule has 15 heteroatoms. The van der Waals surface area contributed by atoms with E-state index in [4.69, 9.17) is 26.3 Å². The van der Waals surface area contributed by atoms with Crippen molar-refractivity contribution in [1.82, 2.24) is 25.1 Å². The van der Waals surface area contributed by atoms with Gasteiger partial charge in [0, 0.05) is 69.3 Å². The minimum atomic E-state index is -0.689. The Kier molecular flexibility index (Phi) is 16.8. The molecule has 2 aliphatic rings. The first-order valence-electron chi connectivity index (χ1n) is 23.2. The van der Waals surface area contributed by atoms with Crippen molar-refractivity contribution >= 4 is 69.2 Å². The monoisotopic (exact) mass is 923 g/mol. The number of hydrogen-bond acceptors (Lipinski definition) is 10. The summed E-state index contributed by atoms with van der Waals surface area (Å²) in [7, 11) is 1.54. The Morgan fingerprint density at radius 1 is 0.924 bits per heavy atom. The Bertz CT molecular complexity index is 2540. The molecule has 1 atom stereocenters. The van der Waals surface area contributed by atoms with Crippen molar-refractivity contribution in [2.24, 2.45) is 0 Å². The molecule has 13 nitrogen and oxygen atoms in total. The predicted molar refractivity (Wildman–Crippen MR) is 260 cm³/mol. The van der Waals surface area contributed by atoms with E-state index in [9.17, 15) is 24.3 Å². The number of aromatic hydroxyl groups is 1. The van der Waals surface area contributed by atoms with Gasteiger partial charge in [-0.3, -0.25) is 9.59 Å². The van der Waals surface area contributed by atoms with Gasteiger partial charge in [-0.1, -0.05) is 87.5 Å². The molecule has 0 saturated carbocycles. The summed E-state index contributed by atoms with van der Waals surface area (Å²) < 4.78 is 22.6. The van der Waals surface area contributed by atoms with E-state index in [0.717, 1.165) is 73.1 Å². The molecule has 0 radical (unpaired) electrons. The molecule has 352 valence electrons. The van der Waals surface area contributed by atoms with Gasteiger partial charge in [0.15, 0.2) is 5.82 Å². The standard InChI is InChI=1S/C49H57ClFN7O6.C2H6/c1-49(2,3)64-48(63)57-24-22-56(23-25-57)44-37-29-39(50)41(36-28-33(60)27-32-16-10-11-18-34(32)36)42(51)43(37)54-47(55-44)53-21-12-8-6-5-7-9-15-31-17-13-19-35-38(31)30-58(46(35)62)40(20-14-26-59)45(61)52-4;1-2/h10-11,13,16-19,26-29,40,60H,5-9,12,14-15,20-25,30H2,1-4H3,(H,52,61)(H,53,54,55);1-2H3. The van der Waals surface area contributed by atoms with Gasteiger partial charge in [-0.05, 0) is 98.2 Å². The number of amides is 3. The largest absolute Gasteiger partial charge is 0.508 e. The van der Waals surface area contributed by atoms with Crippen molar-refractivity contribution in [3.8, 4) is 16.9 Å². The Hall–Kier alpha value is -6.02. The van der Waals surface area contributed by atoms with Gasteiger partial charge in [-0.15, -0.1) is 0 Å². The first-order chi connectivity index (χ1) is 31.8. The minimum absolute atomic E-state index is 0.0103. The maximum absolute atomic E-state index is 17.0. The molecule has 1 saturated heterocycles. The SMILES string of the molecule is CC.CNC(=O)C(CCC=O)N1Cc2c(CCCCCCCCNc3nc(N4CCN(C(=O)OC(C)(C)C)CC4)c4cc(Cl)c(-c5cc(O)cc6ccccc56)c(F)c4n3)cccc2C1=O. The summed E-state index contributed by atoms with van der Waals surface area (Å²) in [6, 6.07) is 17.3. The lowest BCUT2D eigenvalue weighted by Gasteiger charge is -2.36. The number of likely N-dealkylation sites (N-methyl/N-ethyl adjacent to an activating group) is 1. The van der Waals surface area contributed by atoms with E-state index >= 15 is 4.39 Å². The Labute approximate surface area is 392 Å². The number of aromatic nitrogens is 2. The fourth-order valence-corrected chi connectivity index (χ4v) is 9.04. The fourth-order valence-electron chi connectivity index (χ4n) is 8.75. The van der Waals surface area contributed by atoms with E-state index in [0.29, 0.717) is 61.6 Å². The summed E-state index contributed by atoms with van der Waals surface area (Å²) in [6.07, 6.45) is 7.55. The van der Waals surface area contributed by atoms with Crippen LogP contribution in [0.15, 0.2) is 60.7 Å². The highest BCUT2D eigenvalue weighted by Crippen LogP contribution is 2.42. The predicted octanol–water partition coefficient (Wildman–Crippen LogP) is 10.1. The third-order valence-electron chi connectivity index (χ3n) is 11.9. The molecule has 5 aromatic rings. The van der Waals surface area contributed by atoms with Crippen LogP contribution < -0.4 is 15.5 Å². The molecule has 1 unspecified atom stereocenters. The van der Waals surface area contributed by atoms with Crippen LogP contribution in [0.2, 0.25) is 5.02 Å². The van der Waals surface area contributed by atoms with Crippen molar-refractivity contribution in [3.05, 3.63) is 88.2 Å². The number of aldehydes is 1. The Morgan fingerprint density at radius 2 is 1.64 bits per heavy atom. The van der Waals surface area contributed by atoms with Crippen molar-refractivity contribution in [2.75, 3.05) is 50.0 Å². The second kappa shape index (κ2) is 22.4. The average molecular weight is 925 g/mol. The normalized spacial score (nSPS) is 14.2. The third kappa shape index (κ3) is 11.5. The lowest BCUT2D eigenvalue weighted by Crippen LogP contribution is -2.50. The van der Waals surface area contributed by atoms with Gasteiger partial charge in [0.05, 0.1) is 5.02 Å². The number of ether oxygens (including phenoxy) is 1. The highest BCUT2D eigenvalue weighted by molar-refractivity contribution is 6.35. The summed E-state index contributed by atoms with van der Waals surface area (Å²) in [5.74, 6) is -0.282. The second-order valence-corrected chi connectivity index (χ2v) is 17.9. The smallest absolute Gasteiger partial charge is 0.410 e. The fraction of sp³-hybridized carbons (Fsp3) is 0.451. The van der Waals surface area contributed by atoms with Gasteiger partial charge in [0.25, 0.3) is 5.91 Å². The van der Waals surface area contributed by atoms with Crippen molar-refractivity contribution in [3.63, 3.8) is 0 Å². The van der Waals surface area contributed by atoms with E-state index in [1.54, 1.807) is 21.9 Å². The molecule has 3 N–H and O–H groups in total. The van der Waals surface area contributed by atoms with Gasteiger partial charge >= 0.3 is 6.09 Å². The molecular weight excluding hydrogens is 861 g/mol. The molecule has 1 aromatic heterocycles. The average Bonchev–Trinajstić information content (AvgIpc) is 3.64. The number of benzene rings is 4. The number of unbranched alkanes of at least 4 members (excludes halogenated alkanes) is 5. The highest BCUT2D eigenvalue weighted by Gasteiger charge is 2.37. The first kappa shape index (κ1) is 49.4. The lowest BCUT2D eigenvalue weighted by molar-refractivity contribution is -0.125. The number of piperazine rings is 1. The van der Waals surface area contributed by atoms with Crippen molar-refractivity contribution < 1.29 is 33.4 Å². The number of aryl methyl sites for hydroxylation is 1. The lowest BCUT2D eigenvalue weighted by atomic mass is 9.96. The highest BCUT2D eigenvalue weighted by atomic mass is 35.5. The number of carbonyl (C=O) groups excluding carboxylic acids is 4. The summed E-state index contributed by atoms with van der Waals surface area (Å²) in [6.45, 7) is 12.1. The van der Waals surface area contributed by atoms with Crippen LogP contribution in [0.5, 0.6) is 5.75 Å². The number of nitrogens with one attached hydrogen (secondary N) is 2. The number of nitrogens with zero attached hydrogens (tertiary/aromatic N) is 5. The van der Waals surface area contributed by atoms with Crippen LogP contribution in [0.3, 0.4) is 0 Å². The van der Waals surface area contributed by atoms with E-state index in [2.05, 4.69) is 16.7 Å². The maximum atomic E-state index is 17.0. The summed E-state index contributed by atoms with van der Waals surface area (Å²) in [5.41, 5.74) is 2.77. The quantitative estimate of drug-likeness (QED) is 0.0606. The third-order valence-corrected chi connectivity index (χ3v) is 12.2. The van der Waals surface area contributed by atoms with Gasteiger partial charge in [0.1, 0.15) is 35.0 Å². The number of anilines is 2. The van der Waals surface area contributed by atoms with E-state index in [1.807, 2.05) is 75.9 Å². The Morgan fingerprint density at radius 3 is 2.35 bits per heavy atom. The topological polar surface area (TPSA) is 157 Å². The number of phenolic OH excluding ortho intramolecular Hbond substituents is 1. The molecule has 3 amide bonds. The summed E-state index contributed by atoms with van der Waals surface area (Å²) >= 11 is 6.92. The summed E-state index contributed by atoms with van der Waals surface area (Å²) in [5, 5.41) is 18.7. The molecule has 66 heavy (non-hydrogen) atoms. The van der Waals surface area contributed by atoms with Crippen molar-refractivity contribution in [1.29, 1.82) is 0 Å². The molecule has 0 aliphatic carbocycles. The summed E-state index contributed by atoms with van der Waals surface area (Å²) in [4.78, 5) is 64.8. The van der Waals surface area contributed by atoms with Gasteiger partial charge in [0.2, 0.25) is 11.9 Å². The maximum Gasteiger partial charge on any atom is 0.410 e. The zero-order valence-corrected chi connectivity index (χ0v) is 39.8. The molecule has 0 spiro atoms. The molecule has 0 bridgehead atoms. The van der Waals surface area contributed by atoms with Crippen LogP contribution in [-0.2, 0) is 27.3 Å². The molecule has 3 heterocycles. The number of rotatable bonds is 17. The van der Waals surface area contributed by atoms with Crippen LogP contribution >= 0.6 is 11.6 Å². The van der Waals surface area contributed by atoms with Crippen LogP contribution in [-0.4, -0.2) is 100 Å². The Balaban J connectivity index is 0.00000355. The second-order valence-electron chi connectivity index (χ2n) is 17.5. The van der Waals surface area contributed by atoms with E-state index < -0.39 is 17.5 Å². The number of hydrogen-bond donors (Lipinski definition) is 3. The minimum Gasteiger partial charge on any atom is -0.508 e.